The van der Waals surface area contributed by atoms with Gasteiger partial charge in [-0.05, 0) is 18.6 Å². The summed E-state index contributed by atoms with van der Waals surface area (Å²) in [6.07, 6.45) is 0.993. The Bertz CT molecular complexity index is 490. The van der Waals surface area contributed by atoms with E-state index in [2.05, 4.69) is 5.32 Å². The van der Waals surface area contributed by atoms with Crippen molar-refractivity contribution in [1.82, 2.24) is 5.32 Å². The summed E-state index contributed by atoms with van der Waals surface area (Å²) in [5.74, 6) is -1.17. The van der Waals surface area contributed by atoms with Crippen molar-refractivity contribution in [3.63, 3.8) is 0 Å². The van der Waals surface area contributed by atoms with Gasteiger partial charge in [0.1, 0.15) is 5.82 Å². The summed E-state index contributed by atoms with van der Waals surface area (Å²) in [6, 6.07) is 6.12. The highest BCUT2D eigenvalue weighted by atomic mass is 19.1. The molecule has 0 aliphatic carbocycles. The van der Waals surface area contributed by atoms with Crippen LogP contribution in [0, 0.1) is 11.7 Å². The van der Waals surface area contributed by atoms with Crippen LogP contribution in [0.4, 0.5) is 10.1 Å². The van der Waals surface area contributed by atoms with E-state index in [0.29, 0.717) is 6.54 Å². The molecule has 0 radical (unpaired) electrons. The van der Waals surface area contributed by atoms with Crippen molar-refractivity contribution >= 4 is 17.5 Å². The molecule has 2 rings (SSSR count). The molecular formula is C14H17FN2O2. The van der Waals surface area contributed by atoms with Gasteiger partial charge in [0.05, 0.1) is 11.6 Å². The number of hydrogen-bond acceptors (Lipinski definition) is 2. The first kappa shape index (κ1) is 13.5. The minimum absolute atomic E-state index is 0.131. The van der Waals surface area contributed by atoms with Crippen LogP contribution in [-0.2, 0) is 9.59 Å². The molecule has 102 valence electrons. The highest BCUT2D eigenvalue weighted by molar-refractivity contribution is 6.00. The molecule has 1 N–H and O–H groups in total. The van der Waals surface area contributed by atoms with E-state index in [9.17, 15) is 14.0 Å². The van der Waals surface area contributed by atoms with Crippen LogP contribution in [0.5, 0.6) is 0 Å². The van der Waals surface area contributed by atoms with Gasteiger partial charge in [-0.25, -0.2) is 4.39 Å². The molecule has 1 aromatic carbocycles. The lowest BCUT2D eigenvalue weighted by Gasteiger charge is -2.17. The number of rotatable bonds is 4. The SMILES string of the molecule is CCCNC(=O)[C@@H]1CC(=O)N(c2ccccc2F)C1. The predicted molar refractivity (Wildman–Crippen MR) is 70.2 cm³/mol. The number of nitrogens with zero attached hydrogens (tertiary/aromatic N) is 1. The fourth-order valence-electron chi connectivity index (χ4n) is 2.18. The molecule has 0 bridgehead atoms. The molecular weight excluding hydrogens is 247 g/mol. The third-order valence-corrected chi connectivity index (χ3v) is 3.19. The van der Waals surface area contributed by atoms with E-state index < -0.39 is 11.7 Å². The number of benzene rings is 1. The number of anilines is 1. The third-order valence-electron chi connectivity index (χ3n) is 3.19. The summed E-state index contributed by atoms with van der Waals surface area (Å²) < 4.78 is 13.7. The van der Waals surface area contributed by atoms with Gasteiger partial charge in [0.2, 0.25) is 11.8 Å². The fourth-order valence-corrected chi connectivity index (χ4v) is 2.18. The number of para-hydroxylation sites is 1. The molecule has 1 saturated heterocycles. The normalized spacial score (nSPS) is 18.7. The molecule has 1 atom stereocenters. The molecule has 19 heavy (non-hydrogen) atoms. The minimum atomic E-state index is -0.439. The van der Waals surface area contributed by atoms with E-state index in [4.69, 9.17) is 0 Å². The lowest BCUT2D eigenvalue weighted by Crippen LogP contribution is -2.33. The van der Waals surface area contributed by atoms with E-state index in [-0.39, 0.29) is 30.5 Å². The quantitative estimate of drug-likeness (QED) is 0.900. The molecule has 0 aromatic heterocycles. The van der Waals surface area contributed by atoms with Crippen LogP contribution in [0.15, 0.2) is 24.3 Å². The van der Waals surface area contributed by atoms with E-state index in [1.54, 1.807) is 18.2 Å². The van der Waals surface area contributed by atoms with Crippen molar-refractivity contribution in [3.8, 4) is 0 Å². The largest absolute Gasteiger partial charge is 0.356 e. The Morgan fingerprint density at radius 3 is 2.89 bits per heavy atom. The Hall–Kier alpha value is -1.91. The lowest BCUT2D eigenvalue weighted by atomic mass is 10.1. The van der Waals surface area contributed by atoms with Crippen LogP contribution >= 0.6 is 0 Å². The zero-order valence-electron chi connectivity index (χ0n) is 10.9. The number of carbonyl (C=O) groups is 2. The smallest absolute Gasteiger partial charge is 0.227 e. The van der Waals surface area contributed by atoms with Crippen molar-refractivity contribution in [2.75, 3.05) is 18.0 Å². The average molecular weight is 264 g/mol. The maximum absolute atomic E-state index is 13.7. The molecule has 1 heterocycles. The van der Waals surface area contributed by atoms with Crippen molar-refractivity contribution in [3.05, 3.63) is 30.1 Å². The third kappa shape index (κ3) is 2.92. The average Bonchev–Trinajstić information content (AvgIpc) is 2.78. The van der Waals surface area contributed by atoms with Gasteiger partial charge < -0.3 is 10.2 Å². The maximum atomic E-state index is 13.7. The number of carbonyl (C=O) groups excluding carboxylic acids is 2. The second-order valence-electron chi connectivity index (χ2n) is 4.65. The highest BCUT2D eigenvalue weighted by Gasteiger charge is 2.35. The number of amides is 2. The highest BCUT2D eigenvalue weighted by Crippen LogP contribution is 2.27. The minimum Gasteiger partial charge on any atom is -0.356 e. The molecule has 1 aliphatic rings. The van der Waals surface area contributed by atoms with Crippen LogP contribution in [-0.4, -0.2) is 24.9 Å². The molecule has 0 spiro atoms. The van der Waals surface area contributed by atoms with Gasteiger partial charge >= 0.3 is 0 Å². The van der Waals surface area contributed by atoms with Crippen molar-refractivity contribution in [2.45, 2.75) is 19.8 Å². The first-order chi connectivity index (χ1) is 9.13. The zero-order chi connectivity index (χ0) is 13.8. The van der Waals surface area contributed by atoms with E-state index >= 15 is 0 Å². The molecule has 0 saturated carbocycles. The van der Waals surface area contributed by atoms with Crippen LogP contribution in [0.25, 0.3) is 0 Å². The van der Waals surface area contributed by atoms with Crippen LogP contribution < -0.4 is 10.2 Å². The Balaban J connectivity index is 2.08. The first-order valence-electron chi connectivity index (χ1n) is 6.46. The summed E-state index contributed by atoms with van der Waals surface area (Å²) >= 11 is 0. The summed E-state index contributed by atoms with van der Waals surface area (Å²) in [5, 5.41) is 2.77. The monoisotopic (exact) mass is 264 g/mol. The maximum Gasteiger partial charge on any atom is 0.227 e. The van der Waals surface area contributed by atoms with Gasteiger partial charge in [0.15, 0.2) is 0 Å². The second-order valence-corrected chi connectivity index (χ2v) is 4.65. The van der Waals surface area contributed by atoms with Crippen molar-refractivity contribution < 1.29 is 14.0 Å². The standard InChI is InChI=1S/C14H17FN2O2/c1-2-7-16-14(19)10-8-13(18)17(9-10)12-6-4-3-5-11(12)15/h3-6,10H,2,7-9H2,1H3,(H,16,19)/t10-/m1/s1. The van der Waals surface area contributed by atoms with Gasteiger partial charge in [-0.1, -0.05) is 19.1 Å². The van der Waals surface area contributed by atoms with Crippen LogP contribution in [0.3, 0.4) is 0 Å². The van der Waals surface area contributed by atoms with Crippen molar-refractivity contribution in [1.29, 1.82) is 0 Å². The number of halogens is 1. The molecule has 2 amide bonds. The molecule has 0 unspecified atom stereocenters. The molecule has 1 aromatic rings. The van der Waals surface area contributed by atoms with Crippen LogP contribution in [0.2, 0.25) is 0 Å². The number of nitrogens with one attached hydrogen (secondary N) is 1. The topological polar surface area (TPSA) is 49.4 Å². The Labute approximate surface area is 111 Å². The van der Waals surface area contributed by atoms with Crippen molar-refractivity contribution in [2.24, 2.45) is 5.92 Å². The Morgan fingerprint density at radius 2 is 2.21 bits per heavy atom. The van der Waals surface area contributed by atoms with E-state index in [1.165, 1.54) is 11.0 Å². The molecule has 1 fully saturated rings. The summed E-state index contributed by atoms with van der Waals surface area (Å²) in [6.45, 7) is 2.81. The van der Waals surface area contributed by atoms with Gasteiger partial charge in [-0.15, -0.1) is 0 Å². The lowest BCUT2D eigenvalue weighted by molar-refractivity contribution is -0.126. The van der Waals surface area contributed by atoms with Gasteiger partial charge in [-0.3, -0.25) is 9.59 Å². The number of hydrogen-bond donors (Lipinski definition) is 1. The molecule has 1 aliphatic heterocycles. The zero-order valence-corrected chi connectivity index (χ0v) is 10.9. The summed E-state index contributed by atoms with van der Waals surface area (Å²) in [7, 11) is 0. The summed E-state index contributed by atoms with van der Waals surface area (Å²) in [4.78, 5) is 25.1. The molecule has 5 heteroatoms. The van der Waals surface area contributed by atoms with E-state index in [0.717, 1.165) is 6.42 Å². The Kier molecular flexibility index (Phi) is 4.14. The first-order valence-corrected chi connectivity index (χ1v) is 6.46. The summed E-state index contributed by atoms with van der Waals surface area (Å²) in [5.41, 5.74) is 0.248. The Morgan fingerprint density at radius 1 is 1.47 bits per heavy atom. The van der Waals surface area contributed by atoms with Crippen LogP contribution in [0.1, 0.15) is 19.8 Å². The second kappa shape index (κ2) is 5.82. The fraction of sp³-hybridized carbons (Fsp3) is 0.429. The predicted octanol–water partition coefficient (Wildman–Crippen LogP) is 1.70. The van der Waals surface area contributed by atoms with Gasteiger partial charge in [0, 0.05) is 19.5 Å². The van der Waals surface area contributed by atoms with E-state index in [1.807, 2.05) is 6.92 Å². The van der Waals surface area contributed by atoms with Gasteiger partial charge in [-0.2, -0.15) is 0 Å². The van der Waals surface area contributed by atoms with Gasteiger partial charge in [0.25, 0.3) is 0 Å². The molecule has 4 nitrogen and oxygen atoms in total.